The number of carbonyl (C=O) groups excluding carboxylic acids is 2. The maximum absolute atomic E-state index is 12.3. The number of rotatable bonds is 10. The molecule has 1 aliphatic rings. The molecule has 1 aliphatic heterocycles. The molecule has 2 N–H and O–H groups in total. The van der Waals surface area contributed by atoms with Gasteiger partial charge in [-0.2, -0.15) is 0 Å². The summed E-state index contributed by atoms with van der Waals surface area (Å²) in [5.74, 6) is 1.79. The van der Waals surface area contributed by atoms with Crippen molar-refractivity contribution in [3.63, 3.8) is 0 Å². The van der Waals surface area contributed by atoms with E-state index in [2.05, 4.69) is 32.7 Å². The van der Waals surface area contributed by atoms with E-state index in [1.54, 1.807) is 0 Å². The number of aromatic nitrogens is 2. The second kappa shape index (κ2) is 12.3. The largest absolute Gasteiger partial charge is 0.492 e. The number of para-hydroxylation sites is 2. The summed E-state index contributed by atoms with van der Waals surface area (Å²) in [4.78, 5) is 26.6. The Hall–Kier alpha value is -2.81. The van der Waals surface area contributed by atoms with Gasteiger partial charge in [0.2, 0.25) is 11.8 Å². The third kappa shape index (κ3) is 6.85. The van der Waals surface area contributed by atoms with Crippen molar-refractivity contribution in [2.45, 2.75) is 38.1 Å². The standard InChI is InChI=1S/C23H31N5O3S/c1-3-13-24-23(30)17-11-14-28(15-12-17)20-9-10-22(27-26-20)32-16-21(29)25-18-7-5-6-8-19(18)31-4-2/h5-10,17H,3-4,11-16H2,1-2H3,(H,24,30)(H,25,29). The van der Waals surface area contributed by atoms with Gasteiger partial charge in [0.1, 0.15) is 10.8 Å². The van der Waals surface area contributed by atoms with Crippen LogP contribution in [-0.4, -0.2) is 54.0 Å². The monoisotopic (exact) mass is 457 g/mol. The van der Waals surface area contributed by atoms with Gasteiger partial charge in [0.05, 0.1) is 18.0 Å². The summed E-state index contributed by atoms with van der Waals surface area (Å²) < 4.78 is 5.54. The Kier molecular flexibility index (Phi) is 9.15. The molecule has 2 amide bonds. The van der Waals surface area contributed by atoms with Crippen LogP contribution >= 0.6 is 11.8 Å². The first kappa shape index (κ1) is 23.8. The number of piperidine rings is 1. The fourth-order valence-electron chi connectivity index (χ4n) is 3.50. The van der Waals surface area contributed by atoms with Crippen LogP contribution in [-0.2, 0) is 9.59 Å². The van der Waals surface area contributed by atoms with Crippen molar-refractivity contribution in [3.8, 4) is 5.75 Å². The third-order valence-electron chi connectivity index (χ3n) is 5.18. The number of nitrogens with one attached hydrogen (secondary N) is 2. The Balaban J connectivity index is 1.45. The highest BCUT2D eigenvalue weighted by atomic mass is 32.2. The Morgan fingerprint density at radius 3 is 2.59 bits per heavy atom. The third-order valence-corrected chi connectivity index (χ3v) is 6.10. The number of thioether (sulfide) groups is 1. The van der Waals surface area contributed by atoms with Crippen molar-refractivity contribution in [2.75, 3.05) is 42.2 Å². The van der Waals surface area contributed by atoms with Gasteiger partial charge in [-0.05, 0) is 50.5 Å². The molecule has 2 heterocycles. The normalized spacial score (nSPS) is 14.1. The van der Waals surface area contributed by atoms with Crippen LogP contribution in [0.15, 0.2) is 41.4 Å². The van der Waals surface area contributed by atoms with Crippen LogP contribution in [0.2, 0.25) is 0 Å². The molecule has 1 aromatic carbocycles. The second-order valence-electron chi connectivity index (χ2n) is 7.55. The summed E-state index contributed by atoms with van der Waals surface area (Å²) in [5.41, 5.74) is 0.660. The highest BCUT2D eigenvalue weighted by Crippen LogP contribution is 2.25. The Morgan fingerprint density at radius 2 is 1.91 bits per heavy atom. The summed E-state index contributed by atoms with van der Waals surface area (Å²) in [7, 11) is 0. The van der Waals surface area contributed by atoms with Gasteiger partial charge < -0.3 is 20.3 Å². The molecular formula is C23H31N5O3S. The number of hydrogen-bond donors (Lipinski definition) is 2. The van der Waals surface area contributed by atoms with Crippen LogP contribution in [0.3, 0.4) is 0 Å². The van der Waals surface area contributed by atoms with Crippen molar-refractivity contribution in [3.05, 3.63) is 36.4 Å². The van der Waals surface area contributed by atoms with Crippen molar-refractivity contribution < 1.29 is 14.3 Å². The van der Waals surface area contributed by atoms with Gasteiger partial charge >= 0.3 is 0 Å². The molecule has 0 radical (unpaired) electrons. The van der Waals surface area contributed by atoms with Gasteiger partial charge in [-0.1, -0.05) is 30.8 Å². The van der Waals surface area contributed by atoms with Gasteiger partial charge in [-0.25, -0.2) is 0 Å². The van der Waals surface area contributed by atoms with Crippen LogP contribution in [0.5, 0.6) is 5.75 Å². The van der Waals surface area contributed by atoms with E-state index in [1.165, 1.54) is 11.8 Å². The average molecular weight is 458 g/mol. The van der Waals surface area contributed by atoms with E-state index in [0.717, 1.165) is 44.7 Å². The number of ether oxygens (including phenoxy) is 1. The first-order valence-corrected chi connectivity index (χ1v) is 12.1. The molecule has 8 nitrogen and oxygen atoms in total. The van der Waals surface area contributed by atoms with E-state index in [0.29, 0.717) is 23.1 Å². The maximum atomic E-state index is 12.3. The van der Waals surface area contributed by atoms with Gasteiger partial charge in [0.25, 0.3) is 0 Å². The molecule has 1 aromatic heterocycles. The second-order valence-corrected chi connectivity index (χ2v) is 8.54. The molecule has 0 spiro atoms. The van der Waals surface area contributed by atoms with E-state index in [-0.39, 0.29) is 23.5 Å². The summed E-state index contributed by atoms with van der Waals surface area (Å²) in [6, 6.07) is 11.2. The van der Waals surface area contributed by atoms with Crippen LogP contribution in [0.1, 0.15) is 33.1 Å². The number of carbonyl (C=O) groups is 2. The van der Waals surface area contributed by atoms with Crippen LogP contribution in [0.25, 0.3) is 0 Å². The summed E-state index contributed by atoms with van der Waals surface area (Å²) >= 11 is 1.34. The molecule has 172 valence electrons. The van der Waals surface area contributed by atoms with Crippen LogP contribution in [0, 0.1) is 5.92 Å². The molecule has 3 rings (SSSR count). The minimum Gasteiger partial charge on any atom is -0.492 e. The number of benzene rings is 1. The lowest BCUT2D eigenvalue weighted by molar-refractivity contribution is -0.125. The van der Waals surface area contributed by atoms with Gasteiger partial charge in [0.15, 0.2) is 5.82 Å². The van der Waals surface area contributed by atoms with Crippen molar-refractivity contribution >= 4 is 35.1 Å². The topological polar surface area (TPSA) is 96.5 Å². The average Bonchev–Trinajstić information content (AvgIpc) is 2.83. The predicted octanol–water partition coefficient (Wildman–Crippen LogP) is 3.35. The Morgan fingerprint density at radius 1 is 1.12 bits per heavy atom. The summed E-state index contributed by atoms with van der Waals surface area (Å²) in [6.45, 7) is 6.80. The lowest BCUT2D eigenvalue weighted by Crippen LogP contribution is -2.41. The van der Waals surface area contributed by atoms with Crippen molar-refractivity contribution in [2.24, 2.45) is 5.92 Å². The maximum Gasteiger partial charge on any atom is 0.234 e. The van der Waals surface area contributed by atoms with Crippen molar-refractivity contribution in [1.82, 2.24) is 15.5 Å². The molecule has 1 fully saturated rings. The molecule has 2 aromatic rings. The lowest BCUT2D eigenvalue weighted by atomic mass is 9.96. The first-order valence-electron chi connectivity index (χ1n) is 11.1. The van der Waals surface area contributed by atoms with Gasteiger partial charge in [-0.3, -0.25) is 9.59 Å². The molecule has 1 saturated heterocycles. The lowest BCUT2D eigenvalue weighted by Gasteiger charge is -2.31. The van der Waals surface area contributed by atoms with Crippen molar-refractivity contribution in [1.29, 1.82) is 0 Å². The zero-order valence-electron chi connectivity index (χ0n) is 18.7. The molecule has 0 bridgehead atoms. The Labute approximate surface area is 193 Å². The van der Waals surface area contributed by atoms with Gasteiger partial charge in [0, 0.05) is 25.6 Å². The number of anilines is 2. The molecule has 0 atom stereocenters. The Bertz CT molecular complexity index is 885. The zero-order chi connectivity index (χ0) is 22.8. The van der Waals surface area contributed by atoms with E-state index in [4.69, 9.17) is 4.74 Å². The van der Waals surface area contributed by atoms with E-state index >= 15 is 0 Å². The summed E-state index contributed by atoms with van der Waals surface area (Å²) in [5, 5.41) is 15.1. The fraction of sp³-hybridized carbons (Fsp3) is 0.478. The predicted molar refractivity (Wildman–Crippen MR) is 127 cm³/mol. The SMILES string of the molecule is CCCNC(=O)C1CCN(c2ccc(SCC(=O)Nc3ccccc3OCC)nn2)CC1. The smallest absolute Gasteiger partial charge is 0.234 e. The van der Waals surface area contributed by atoms with E-state index < -0.39 is 0 Å². The van der Waals surface area contributed by atoms with E-state index in [9.17, 15) is 9.59 Å². The first-order chi connectivity index (χ1) is 15.6. The molecule has 32 heavy (non-hydrogen) atoms. The highest BCUT2D eigenvalue weighted by molar-refractivity contribution is 7.99. The quantitative estimate of drug-likeness (QED) is 0.528. The number of amides is 2. The fourth-order valence-corrected chi connectivity index (χ4v) is 4.11. The minimum absolute atomic E-state index is 0.0759. The summed E-state index contributed by atoms with van der Waals surface area (Å²) in [6.07, 6.45) is 2.58. The zero-order valence-corrected chi connectivity index (χ0v) is 19.5. The molecule has 0 unspecified atom stereocenters. The van der Waals surface area contributed by atoms with Crippen LogP contribution in [0.4, 0.5) is 11.5 Å². The highest BCUT2D eigenvalue weighted by Gasteiger charge is 2.25. The molecule has 0 aliphatic carbocycles. The number of nitrogens with zero attached hydrogens (tertiary/aromatic N) is 3. The molecule has 9 heteroatoms. The molecular weight excluding hydrogens is 426 g/mol. The number of hydrogen-bond acceptors (Lipinski definition) is 7. The van der Waals surface area contributed by atoms with E-state index in [1.807, 2.05) is 43.3 Å². The van der Waals surface area contributed by atoms with Crippen LogP contribution < -0.4 is 20.3 Å². The minimum atomic E-state index is -0.128. The molecule has 0 saturated carbocycles. The van der Waals surface area contributed by atoms with Gasteiger partial charge in [-0.15, -0.1) is 10.2 Å².